The fraction of sp³-hybridized carbons (Fsp3) is 0.214. The minimum Gasteiger partial charge on any atom is -0.383 e. The third-order valence-corrected chi connectivity index (χ3v) is 3.57. The molecule has 3 aromatic rings. The third-order valence-electron chi connectivity index (χ3n) is 3.57. The van der Waals surface area contributed by atoms with Crippen molar-refractivity contribution in [2.75, 3.05) is 5.73 Å². The summed E-state index contributed by atoms with van der Waals surface area (Å²) in [7, 11) is 0. The monoisotopic (exact) mass is 361 g/mol. The molecule has 0 aliphatic heterocycles. The van der Waals surface area contributed by atoms with Crippen LogP contribution in [0.15, 0.2) is 18.3 Å². The number of nitrogens with two attached hydrogens (primary N) is 1. The fourth-order valence-corrected chi connectivity index (χ4v) is 2.19. The van der Waals surface area contributed by atoms with Crippen LogP contribution in [0.3, 0.4) is 0 Å². The summed E-state index contributed by atoms with van der Waals surface area (Å²) in [4.78, 5) is 7.35. The van der Waals surface area contributed by atoms with Gasteiger partial charge in [-0.1, -0.05) is 0 Å². The lowest BCUT2D eigenvalue weighted by atomic mass is 10.1. The lowest BCUT2D eigenvalue weighted by Crippen LogP contribution is -2.19. The maximum atomic E-state index is 13.9. The predicted molar refractivity (Wildman–Crippen MR) is 75.0 cm³/mol. The topological polar surface area (TPSA) is 69.1 Å². The molecule has 2 heterocycles. The van der Waals surface area contributed by atoms with Gasteiger partial charge >= 0.3 is 6.18 Å². The van der Waals surface area contributed by atoms with Crippen LogP contribution in [-0.4, -0.2) is 25.8 Å². The highest BCUT2D eigenvalue weighted by Gasteiger charge is 2.40. The third kappa shape index (κ3) is 2.85. The van der Waals surface area contributed by atoms with Crippen molar-refractivity contribution in [2.45, 2.75) is 19.0 Å². The molecule has 2 N–H and O–H groups in total. The van der Waals surface area contributed by atoms with Gasteiger partial charge in [-0.05, 0) is 6.92 Å². The Morgan fingerprint density at radius 3 is 2.28 bits per heavy atom. The van der Waals surface area contributed by atoms with Crippen LogP contribution < -0.4 is 5.73 Å². The average Bonchev–Trinajstić information content (AvgIpc) is 2.91. The van der Waals surface area contributed by atoms with Gasteiger partial charge in [-0.2, -0.15) is 22.7 Å². The second-order valence-electron chi connectivity index (χ2n) is 5.25. The van der Waals surface area contributed by atoms with Gasteiger partial charge in [-0.25, -0.2) is 18.2 Å². The molecule has 0 aliphatic carbocycles. The zero-order valence-electron chi connectivity index (χ0n) is 12.4. The van der Waals surface area contributed by atoms with Crippen molar-refractivity contribution in [1.29, 1.82) is 0 Å². The molecule has 11 heteroatoms. The Morgan fingerprint density at radius 2 is 1.72 bits per heavy atom. The van der Waals surface area contributed by atoms with Crippen molar-refractivity contribution in [2.24, 2.45) is 0 Å². The summed E-state index contributed by atoms with van der Waals surface area (Å²) >= 11 is 0. The molecule has 0 fully saturated rings. The van der Waals surface area contributed by atoms with Crippen LogP contribution in [0.2, 0.25) is 0 Å². The maximum Gasteiger partial charge on any atom is 0.398 e. The van der Waals surface area contributed by atoms with E-state index in [1.807, 2.05) is 0 Å². The molecule has 1 unspecified atom stereocenters. The van der Waals surface area contributed by atoms with E-state index in [2.05, 4.69) is 15.1 Å². The second-order valence-corrected chi connectivity index (χ2v) is 5.25. The Labute approximate surface area is 136 Å². The minimum absolute atomic E-state index is 0.268. The van der Waals surface area contributed by atoms with Crippen LogP contribution in [0.4, 0.5) is 32.2 Å². The largest absolute Gasteiger partial charge is 0.398 e. The Bertz CT molecular complexity index is 941. The normalized spacial score (nSPS) is 13.4. The smallest absolute Gasteiger partial charge is 0.383 e. The molecule has 2 aromatic heterocycles. The molecule has 1 atom stereocenters. The summed E-state index contributed by atoms with van der Waals surface area (Å²) in [5.74, 6) is -6.85. The van der Waals surface area contributed by atoms with Crippen molar-refractivity contribution in [1.82, 2.24) is 19.6 Å². The molecule has 25 heavy (non-hydrogen) atoms. The minimum atomic E-state index is -4.59. The summed E-state index contributed by atoms with van der Waals surface area (Å²) in [5.41, 5.74) is 4.80. The van der Waals surface area contributed by atoms with E-state index in [4.69, 9.17) is 5.73 Å². The van der Waals surface area contributed by atoms with Crippen molar-refractivity contribution in [3.05, 3.63) is 41.6 Å². The first kappa shape index (κ1) is 17.0. The number of benzene rings is 1. The van der Waals surface area contributed by atoms with Gasteiger partial charge in [0.25, 0.3) is 5.78 Å². The molecule has 0 amide bonds. The molecule has 0 aliphatic rings. The first-order valence-electron chi connectivity index (χ1n) is 6.82. The number of hydrogen-bond acceptors (Lipinski definition) is 4. The van der Waals surface area contributed by atoms with E-state index < -0.39 is 40.9 Å². The van der Waals surface area contributed by atoms with Gasteiger partial charge in [0.15, 0.2) is 5.82 Å². The molecule has 132 valence electrons. The predicted octanol–water partition coefficient (Wildman–Crippen LogP) is 3.46. The first-order valence-corrected chi connectivity index (χ1v) is 6.82. The molecular weight excluding hydrogens is 352 g/mol. The number of rotatable bonds is 2. The molecule has 0 saturated heterocycles. The van der Waals surface area contributed by atoms with Gasteiger partial charge in [0.1, 0.15) is 29.2 Å². The van der Waals surface area contributed by atoms with Crippen LogP contribution in [0.5, 0.6) is 0 Å². The highest BCUT2D eigenvalue weighted by Crippen LogP contribution is 2.34. The maximum absolute atomic E-state index is 13.9. The molecule has 5 nitrogen and oxygen atoms in total. The van der Waals surface area contributed by atoms with E-state index in [9.17, 15) is 26.3 Å². The van der Waals surface area contributed by atoms with E-state index in [1.165, 1.54) is 0 Å². The lowest BCUT2D eigenvalue weighted by Gasteiger charge is -2.11. The van der Waals surface area contributed by atoms with Gasteiger partial charge in [0.2, 0.25) is 0 Å². The number of aromatic nitrogens is 4. The number of halogens is 6. The Hall–Kier alpha value is -2.85. The molecule has 0 spiro atoms. The number of hydrogen-bond donors (Lipinski definition) is 1. The zero-order valence-corrected chi connectivity index (χ0v) is 12.4. The van der Waals surface area contributed by atoms with Crippen molar-refractivity contribution in [3.63, 3.8) is 0 Å². The van der Waals surface area contributed by atoms with Crippen molar-refractivity contribution >= 4 is 11.6 Å². The zero-order chi connectivity index (χ0) is 18.5. The van der Waals surface area contributed by atoms with E-state index in [0.29, 0.717) is 12.1 Å². The summed E-state index contributed by atoms with van der Waals surface area (Å²) in [6, 6.07) is 0.890. The Morgan fingerprint density at radius 1 is 1.12 bits per heavy atom. The molecule has 0 saturated carbocycles. The summed E-state index contributed by atoms with van der Waals surface area (Å²) < 4.78 is 79.9. The average molecular weight is 361 g/mol. The number of nitrogens with zero attached hydrogens (tertiary/aromatic N) is 4. The van der Waals surface area contributed by atoms with E-state index in [0.717, 1.165) is 17.6 Å². The summed E-state index contributed by atoms with van der Waals surface area (Å²) in [6.45, 7) is 0.852. The Balaban J connectivity index is 2.19. The molecule has 0 radical (unpaired) electrons. The van der Waals surface area contributed by atoms with Gasteiger partial charge in [0.05, 0.1) is 5.56 Å². The quantitative estimate of drug-likeness (QED) is 0.710. The van der Waals surface area contributed by atoms with Crippen molar-refractivity contribution in [3.8, 4) is 11.1 Å². The highest BCUT2D eigenvalue weighted by molar-refractivity contribution is 5.75. The van der Waals surface area contributed by atoms with Gasteiger partial charge in [-0.15, -0.1) is 5.10 Å². The standard InChI is InChI=1S/C14H9F6N5/c1-5(14(18,19)20)12-23-13-22-4-7(11(21)25(13)24-12)10-8(16)2-6(15)3-9(10)17/h2-5H,21H2,1H3. The van der Waals surface area contributed by atoms with Crippen LogP contribution >= 0.6 is 0 Å². The fourth-order valence-electron chi connectivity index (χ4n) is 2.19. The Kier molecular flexibility index (Phi) is 3.81. The van der Waals surface area contributed by atoms with Crippen LogP contribution in [0.25, 0.3) is 16.9 Å². The first-order chi connectivity index (χ1) is 11.6. The van der Waals surface area contributed by atoms with Gasteiger partial charge < -0.3 is 5.73 Å². The number of fused-ring (bicyclic) bond motifs is 1. The summed E-state index contributed by atoms with van der Waals surface area (Å²) in [6.07, 6.45) is -3.65. The molecular formula is C14H9F6N5. The van der Waals surface area contributed by atoms with E-state index in [1.54, 1.807) is 0 Å². The lowest BCUT2D eigenvalue weighted by molar-refractivity contribution is -0.147. The molecule has 1 aromatic carbocycles. The second kappa shape index (κ2) is 5.60. The van der Waals surface area contributed by atoms with Crippen molar-refractivity contribution < 1.29 is 26.3 Å². The van der Waals surface area contributed by atoms with Gasteiger partial charge in [-0.3, -0.25) is 0 Å². The van der Waals surface area contributed by atoms with Crippen LogP contribution in [-0.2, 0) is 0 Å². The van der Waals surface area contributed by atoms with Gasteiger partial charge in [0, 0.05) is 23.9 Å². The number of nitrogen functional groups attached to an aromatic ring is 1. The van der Waals surface area contributed by atoms with Crippen LogP contribution in [0.1, 0.15) is 18.7 Å². The summed E-state index contributed by atoms with van der Waals surface area (Å²) in [5, 5.41) is 3.62. The molecule has 3 rings (SSSR count). The molecule has 0 bridgehead atoms. The van der Waals surface area contributed by atoms with E-state index >= 15 is 0 Å². The SMILES string of the molecule is CC(c1nc2ncc(-c3c(F)cc(F)cc3F)c(N)n2n1)C(F)(F)F. The highest BCUT2D eigenvalue weighted by atomic mass is 19.4. The number of alkyl halides is 3. The van der Waals surface area contributed by atoms with Crippen LogP contribution in [0, 0.1) is 17.5 Å². The van der Waals surface area contributed by atoms with E-state index in [-0.39, 0.29) is 17.2 Å². The number of anilines is 1.